The molecule has 2 nitrogen and oxygen atoms in total. The number of benzene rings is 1. The molecule has 0 unspecified atom stereocenters. The van der Waals surface area contributed by atoms with Crippen molar-refractivity contribution in [1.82, 2.24) is 0 Å². The zero-order valence-corrected chi connectivity index (χ0v) is 8.03. The lowest BCUT2D eigenvalue weighted by Gasteiger charge is -2.19. The molecule has 0 bridgehead atoms. The number of anilines is 1. The zero-order valence-electron chi connectivity index (χ0n) is 8.03. The van der Waals surface area contributed by atoms with Gasteiger partial charge in [0.25, 0.3) is 0 Å². The quantitative estimate of drug-likeness (QED) is 0.433. The average molecular weight is 176 g/mol. The van der Waals surface area contributed by atoms with Gasteiger partial charge in [-0.1, -0.05) is 24.3 Å². The van der Waals surface area contributed by atoms with Gasteiger partial charge in [-0.3, -0.25) is 0 Å². The molecule has 1 aromatic rings. The Morgan fingerprint density at radius 1 is 1.46 bits per heavy atom. The predicted molar refractivity (Wildman–Crippen MR) is 57.5 cm³/mol. The second kappa shape index (κ2) is 4.67. The number of hydrazine groups is 1. The molecule has 13 heavy (non-hydrogen) atoms. The van der Waals surface area contributed by atoms with E-state index in [9.17, 15) is 0 Å². The monoisotopic (exact) mass is 176 g/mol. The van der Waals surface area contributed by atoms with Crippen LogP contribution in [0.1, 0.15) is 12.0 Å². The van der Waals surface area contributed by atoms with Crippen LogP contribution in [0.2, 0.25) is 0 Å². The first-order valence-corrected chi connectivity index (χ1v) is 4.44. The maximum Gasteiger partial charge on any atom is 0.0546 e. The maximum absolute atomic E-state index is 5.87. The second-order valence-corrected chi connectivity index (χ2v) is 3.06. The third-order valence-corrected chi connectivity index (χ3v) is 2.00. The van der Waals surface area contributed by atoms with Gasteiger partial charge in [-0.05, 0) is 25.0 Å². The molecule has 0 radical (unpaired) electrons. The molecular weight excluding hydrogens is 160 g/mol. The van der Waals surface area contributed by atoms with Gasteiger partial charge >= 0.3 is 0 Å². The van der Waals surface area contributed by atoms with Gasteiger partial charge in [0.15, 0.2) is 0 Å². The average Bonchev–Trinajstić information content (AvgIpc) is 2.15. The van der Waals surface area contributed by atoms with Crippen LogP contribution in [-0.4, -0.2) is 6.54 Å². The van der Waals surface area contributed by atoms with Crippen LogP contribution >= 0.6 is 0 Å². The number of hydrogen-bond donors (Lipinski definition) is 1. The number of hydrogen-bond acceptors (Lipinski definition) is 2. The van der Waals surface area contributed by atoms with Gasteiger partial charge in [0.1, 0.15) is 0 Å². The lowest BCUT2D eigenvalue weighted by Crippen LogP contribution is -2.32. The van der Waals surface area contributed by atoms with E-state index in [4.69, 9.17) is 5.84 Å². The first-order chi connectivity index (χ1) is 6.25. The summed E-state index contributed by atoms with van der Waals surface area (Å²) in [6, 6.07) is 8.10. The van der Waals surface area contributed by atoms with E-state index in [1.54, 1.807) is 5.01 Å². The molecular formula is C11H16N2. The van der Waals surface area contributed by atoms with Crippen molar-refractivity contribution in [2.45, 2.75) is 13.3 Å². The van der Waals surface area contributed by atoms with Crippen molar-refractivity contribution in [3.8, 4) is 0 Å². The Balaban J connectivity index is 2.70. The van der Waals surface area contributed by atoms with Gasteiger partial charge in [-0.15, -0.1) is 6.58 Å². The summed E-state index contributed by atoms with van der Waals surface area (Å²) in [5.74, 6) is 5.87. The van der Waals surface area contributed by atoms with Gasteiger partial charge in [0.2, 0.25) is 0 Å². The highest BCUT2D eigenvalue weighted by atomic mass is 15.4. The third kappa shape index (κ3) is 2.60. The summed E-state index contributed by atoms with van der Waals surface area (Å²) in [7, 11) is 0. The molecule has 0 aliphatic carbocycles. The number of nitrogens with zero attached hydrogens (tertiary/aromatic N) is 1. The SMILES string of the molecule is C=CCCN(N)c1ccccc1C. The smallest absolute Gasteiger partial charge is 0.0546 e. The predicted octanol–water partition coefficient (Wildman–Crippen LogP) is 2.25. The molecule has 0 fully saturated rings. The lowest BCUT2D eigenvalue weighted by atomic mass is 10.2. The molecule has 0 spiro atoms. The van der Waals surface area contributed by atoms with Crippen LogP contribution in [-0.2, 0) is 0 Å². The Kier molecular flexibility index (Phi) is 3.53. The van der Waals surface area contributed by atoms with Crippen LogP contribution in [0.5, 0.6) is 0 Å². The van der Waals surface area contributed by atoms with E-state index in [0.717, 1.165) is 18.7 Å². The fourth-order valence-electron chi connectivity index (χ4n) is 1.24. The van der Waals surface area contributed by atoms with Crippen molar-refractivity contribution >= 4 is 5.69 Å². The van der Waals surface area contributed by atoms with Crippen LogP contribution in [0.15, 0.2) is 36.9 Å². The fraction of sp³-hybridized carbons (Fsp3) is 0.273. The third-order valence-electron chi connectivity index (χ3n) is 2.00. The number of aryl methyl sites for hydroxylation is 1. The summed E-state index contributed by atoms with van der Waals surface area (Å²) in [6.07, 6.45) is 2.78. The fourth-order valence-corrected chi connectivity index (χ4v) is 1.24. The molecule has 0 saturated heterocycles. The van der Waals surface area contributed by atoms with Gasteiger partial charge in [0.05, 0.1) is 5.69 Å². The number of rotatable bonds is 4. The molecule has 0 heterocycles. The zero-order chi connectivity index (χ0) is 9.68. The van der Waals surface area contributed by atoms with Crippen molar-refractivity contribution in [1.29, 1.82) is 0 Å². The lowest BCUT2D eigenvalue weighted by molar-refractivity contribution is 0.837. The van der Waals surface area contributed by atoms with E-state index in [2.05, 4.69) is 19.6 Å². The van der Waals surface area contributed by atoms with Gasteiger partial charge in [-0.25, -0.2) is 5.84 Å². The Morgan fingerprint density at radius 3 is 2.77 bits per heavy atom. The minimum atomic E-state index is 0.814. The first-order valence-electron chi connectivity index (χ1n) is 4.44. The van der Waals surface area contributed by atoms with Gasteiger partial charge in [-0.2, -0.15) is 0 Å². The molecule has 1 rings (SSSR count). The van der Waals surface area contributed by atoms with E-state index < -0.39 is 0 Å². The Morgan fingerprint density at radius 2 is 2.15 bits per heavy atom. The normalized spacial score (nSPS) is 9.69. The van der Waals surface area contributed by atoms with Crippen molar-refractivity contribution < 1.29 is 0 Å². The number of para-hydroxylation sites is 1. The van der Waals surface area contributed by atoms with E-state index in [0.29, 0.717) is 0 Å². The van der Waals surface area contributed by atoms with Crippen LogP contribution < -0.4 is 10.9 Å². The Hall–Kier alpha value is -1.28. The number of nitrogens with two attached hydrogens (primary N) is 1. The minimum Gasteiger partial charge on any atom is -0.310 e. The highest BCUT2D eigenvalue weighted by Crippen LogP contribution is 2.16. The molecule has 1 aromatic carbocycles. The Labute approximate surface area is 79.6 Å². The maximum atomic E-state index is 5.87. The van der Waals surface area contributed by atoms with E-state index >= 15 is 0 Å². The molecule has 2 N–H and O–H groups in total. The van der Waals surface area contributed by atoms with Crippen molar-refractivity contribution in [2.75, 3.05) is 11.6 Å². The highest BCUT2D eigenvalue weighted by Gasteiger charge is 2.01. The summed E-state index contributed by atoms with van der Waals surface area (Å²) in [5.41, 5.74) is 2.29. The van der Waals surface area contributed by atoms with Gasteiger partial charge in [0, 0.05) is 6.54 Å². The van der Waals surface area contributed by atoms with Crippen molar-refractivity contribution in [2.24, 2.45) is 5.84 Å². The van der Waals surface area contributed by atoms with E-state index in [1.165, 1.54) is 5.56 Å². The molecule has 0 aromatic heterocycles. The standard InChI is InChI=1S/C11H16N2/c1-3-4-9-13(12)11-8-6-5-7-10(11)2/h3,5-8H,1,4,9,12H2,2H3. The summed E-state index contributed by atoms with van der Waals surface area (Å²) in [6.45, 7) is 6.54. The molecule has 0 amide bonds. The molecule has 0 atom stereocenters. The molecule has 70 valence electrons. The largest absolute Gasteiger partial charge is 0.310 e. The second-order valence-electron chi connectivity index (χ2n) is 3.06. The van der Waals surface area contributed by atoms with Crippen molar-refractivity contribution in [3.05, 3.63) is 42.5 Å². The summed E-state index contributed by atoms with van der Waals surface area (Å²) in [4.78, 5) is 0. The van der Waals surface area contributed by atoms with Crippen LogP contribution in [0.25, 0.3) is 0 Å². The molecule has 0 saturated carbocycles. The van der Waals surface area contributed by atoms with E-state index in [1.807, 2.05) is 24.3 Å². The van der Waals surface area contributed by atoms with E-state index in [-0.39, 0.29) is 0 Å². The summed E-state index contributed by atoms with van der Waals surface area (Å²) < 4.78 is 0. The minimum absolute atomic E-state index is 0.814. The van der Waals surface area contributed by atoms with Crippen molar-refractivity contribution in [3.63, 3.8) is 0 Å². The summed E-state index contributed by atoms with van der Waals surface area (Å²) >= 11 is 0. The first kappa shape index (κ1) is 9.81. The molecule has 2 heteroatoms. The topological polar surface area (TPSA) is 29.3 Å². The Bertz CT molecular complexity index is 281. The molecule has 0 aliphatic rings. The highest BCUT2D eigenvalue weighted by molar-refractivity contribution is 5.51. The molecule has 0 aliphatic heterocycles. The summed E-state index contributed by atoms with van der Waals surface area (Å²) in [5, 5.41) is 1.76. The van der Waals surface area contributed by atoms with Crippen LogP contribution in [0.4, 0.5) is 5.69 Å². The van der Waals surface area contributed by atoms with Crippen LogP contribution in [0.3, 0.4) is 0 Å². The van der Waals surface area contributed by atoms with Crippen LogP contribution in [0, 0.1) is 6.92 Å². The van der Waals surface area contributed by atoms with Gasteiger partial charge < -0.3 is 5.01 Å².